The lowest BCUT2D eigenvalue weighted by Gasteiger charge is -2.31. The Morgan fingerprint density at radius 1 is 1.24 bits per heavy atom. The first-order valence-electron chi connectivity index (χ1n) is 7.25. The average molecular weight is 240 g/mol. The van der Waals surface area contributed by atoms with Crippen molar-refractivity contribution in [1.82, 2.24) is 10.2 Å². The van der Waals surface area contributed by atoms with Crippen LogP contribution in [0.3, 0.4) is 0 Å². The summed E-state index contributed by atoms with van der Waals surface area (Å²) in [5.74, 6) is 1.66. The summed E-state index contributed by atoms with van der Waals surface area (Å²) < 4.78 is 5.63. The van der Waals surface area contributed by atoms with Gasteiger partial charge in [0.05, 0.1) is 13.2 Å². The second-order valence-corrected chi connectivity index (χ2v) is 5.95. The Labute approximate surface area is 106 Å². The van der Waals surface area contributed by atoms with Crippen molar-refractivity contribution in [1.29, 1.82) is 0 Å². The minimum Gasteiger partial charge on any atom is -0.379 e. The van der Waals surface area contributed by atoms with Crippen molar-refractivity contribution < 1.29 is 4.74 Å². The third-order valence-electron chi connectivity index (χ3n) is 4.05. The van der Waals surface area contributed by atoms with Crippen LogP contribution in [0, 0.1) is 11.8 Å². The van der Waals surface area contributed by atoms with Gasteiger partial charge in [0, 0.05) is 31.1 Å². The monoisotopic (exact) mass is 240 g/mol. The summed E-state index contributed by atoms with van der Waals surface area (Å²) >= 11 is 0. The molecule has 0 aromatic heterocycles. The number of nitrogens with one attached hydrogen (secondary N) is 1. The molecule has 1 saturated heterocycles. The third-order valence-corrected chi connectivity index (χ3v) is 4.05. The molecule has 2 aliphatic rings. The largest absolute Gasteiger partial charge is 0.379 e. The molecule has 2 fully saturated rings. The Bertz CT molecular complexity index is 228. The summed E-state index contributed by atoms with van der Waals surface area (Å²) in [6, 6.07) is 1.24. The highest BCUT2D eigenvalue weighted by molar-refractivity contribution is 4.86. The smallest absolute Gasteiger partial charge is 0.0623 e. The van der Waals surface area contributed by atoms with Gasteiger partial charge in [-0.2, -0.15) is 0 Å². The zero-order valence-electron chi connectivity index (χ0n) is 11.6. The van der Waals surface area contributed by atoms with E-state index >= 15 is 0 Å². The lowest BCUT2D eigenvalue weighted by Crippen LogP contribution is -2.44. The van der Waals surface area contributed by atoms with E-state index in [0.29, 0.717) is 18.0 Å². The third kappa shape index (κ3) is 3.94. The van der Waals surface area contributed by atoms with Gasteiger partial charge in [-0.1, -0.05) is 6.92 Å². The molecule has 3 heteroatoms. The van der Waals surface area contributed by atoms with Crippen LogP contribution in [0.5, 0.6) is 0 Å². The van der Waals surface area contributed by atoms with Crippen LogP contribution in [0.4, 0.5) is 0 Å². The van der Waals surface area contributed by atoms with Crippen molar-refractivity contribution in [2.45, 2.75) is 45.7 Å². The molecule has 1 saturated carbocycles. The van der Waals surface area contributed by atoms with E-state index in [1.807, 2.05) is 0 Å². The van der Waals surface area contributed by atoms with Crippen molar-refractivity contribution in [2.24, 2.45) is 11.8 Å². The molecule has 2 atom stereocenters. The van der Waals surface area contributed by atoms with Crippen molar-refractivity contribution in [3.05, 3.63) is 0 Å². The van der Waals surface area contributed by atoms with Crippen LogP contribution < -0.4 is 5.32 Å². The van der Waals surface area contributed by atoms with Crippen LogP contribution in [-0.4, -0.2) is 49.8 Å². The first kappa shape index (κ1) is 13.3. The number of hydrogen-bond donors (Lipinski definition) is 1. The van der Waals surface area contributed by atoms with Crippen molar-refractivity contribution >= 4 is 0 Å². The Balaban J connectivity index is 1.82. The molecule has 100 valence electrons. The molecule has 0 aromatic carbocycles. The highest BCUT2D eigenvalue weighted by Gasteiger charge is 2.32. The summed E-state index contributed by atoms with van der Waals surface area (Å²) in [4.78, 5) is 2.65. The molecule has 1 N–H and O–H groups in total. The topological polar surface area (TPSA) is 24.5 Å². The predicted octanol–water partition coefficient (Wildman–Crippen LogP) is 1.73. The van der Waals surface area contributed by atoms with Crippen molar-refractivity contribution in [3.63, 3.8) is 0 Å². The fourth-order valence-electron chi connectivity index (χ4n) is 2.70. The highest BCUT2D eigenvalue weighted by Crippen LogP contribution is 2.31. The van der Waals surface area contributed by atoms with Gasteiger partial charge in [0.2, 0.25) is 0 Å². The lowest BCUT2D eigenvalue weighted by molar-refractivity contribution is 0.148. The predicted molar refractivity (Wildman–Crippen MR) is 71.2 cm³/mol. The van der Waals surface area contributed by atoms with E-state index in [1.54, 1.807) is 0 Å². The number of likely N-dealkylation sites (N-methyl/N-ethyl adjacent to an activating group) is 1. The zero-order chi connectivity index (χ0) is 12.3. The van der Waals surface area contributed by atoms with Crippen LogP contribution >= 0.6 is 0 Å². The molecule has 17 heavy (non-hydrogen) atoms. The Hall–Kier alpha value is -0.120. The van der Waals surface area contributed by atoms with E-state index in [9.17, 15) is 0 Å². The fraction of sp³-hybridized carbons (Fsp3) is 1.00. The molecule has 3 nitrogen and oxygen atoms in total. The van der Waals surface area contributed by atoms with Crippen molar-refractivity contribution in [3.8, 4) is 0 Å². The molecule has 0 radical (unpaired) electrons. The quantitative estimate of drug-likeness (QED) is 0.733. The molecule has 1 aliphatic carbocycles. The second kappa shape index (κ2) is 6.17. The number of hydrogen-bond acceptors (Lipinski definition) is 3. The van der Waals surface area contributed by atoms with Gasteiger partial charge in [-0.25, -0.2) is 0 Å². The first-order valence-corrected chi connectivity index (χ1v) is 7.25. The Kier molecular flexibility index (Phi) is 4.83. The van der Waals surface area contributed by atoms with E-state index in [4.69, 9.17) is 4.74 Å². The molecular formula is C14H28N2O. The maximum atomic E-state index is 5.63. The molecule has 2 rings (SSSR count). The van der Waals surface area contributed by atoms with E-state index in [0.717, 1.165) is 25.7 Å². The molecule has 1 aliphatic heterocycles. The number of ether oxygens (including phenoxy) is 1. The minimum absolute atomic E-state index is 0.570. The van der Waals surface area contributed by atoms with Gasteiger partial charge in [0.1, 0.15) is 0 Å². The zero-order valence-corrected chi connectivity index (χ0v) is 11.6. The van der Waals surface area contributed by atoms with E-state index < -0.39 is 0 Å². The minimum atomic E-state index is 0.570. The van der Waals surface area contributed by atoms with E-state index in [1.165, 1.54) is 25.9 Å². The molecule has 2 unspecified atom stereocenters. The van der Waals surface area contributed by atoms with Gasteiger partial charge < -0.3 is 15.0 Å². The van der Waals surface area contributed by atoms with Gasteiger partial charge in [0.15, 0.2) is 0 Å². The standard InChI is InChI=1S/C14H28N2O/c1-4-15-14-10-17-9-13(14)8-16(11(2)3)7-12-5-6-12/h11-15H,4-10H2,1-3H3. The van der Waals surface area contributed by atoms with Crippen LogP contribution in [0.1, 0.15) is 33.6 Å². The summed E-state index contributed by atoms with van der Waals surface area (Å²) in [5.41, 5.74) is 0. The van der Waals surface area contributed by atoms with E-state index in [-0.39, 0.29) is 0 Å². The fourth-order valence-corrected chi connectivity index (χ4v) is 2.70. The molecule has 1 heterocycles. The second-order valence-electron chi connectivity index (χ2n) is 5.95. The molecule has 0 amide bonds. The van der Waals surface area contributed by atoms with Crippen LogP contribution in [0.2, 0.25) is 0 Å². The van der Waals surface area contributed by atoms with Crippen molar-refractivity contribution in [2.75, 3.05) is 32.8 Å². The Morgan fingerprint density at radius 3 is 2.59 bits per heavy atom. The summed E-state index contributed by atoms with van der Waals surface area (Å²) in [5, 5.41) is 3.56. The van der Waals surface area contributed by atoms with Crippen LogP contribution in [0.15, 0.2) is 0 Å². The summed E-state index contributed by atoms with van der Waals surface area (Å²) in [6.07, 6.45) is 2.89. The lowest BCUT2D eigenvalue weighted by atomic mass is 10.0. The molecule has 0 bridgehead atoms. The van der Waals surface area contributed by atoms with Crippen LogP contribution in [-0.2, 0) is 4.74 Å². The van der Waals surface area contributed by atoms with Gasteiger partial charge in [-0.15, -0.1) is 0 Å². The van der Waals surface area contributed by atoms with E-state index in [2.05, 4.69) is 31.0 Å². The SMILES string of the molecule is CCNC1COCC1CN(CC1CC1)C(C)C. The molecular weight excluding hydrogens is 212 g/mol. The van der Waals surface area contributed by atoms with Gasteiger partial charge in [0.25, 0.3) is 0 Å². The average Bonchev–Trinajstić information content (AvgIpc) is 3.00. The van der Waals surface area contributed by atoms with Gasteiger partial charge in [-0.05, 0) is 39.2 Å². The summed E-state index contributed by atoms with van der Waals surface area (Å²) in [7, 11) is 0. The van der Waals surface area contributed by atoms with Gasteiger partial charge >= 0.3 is 0 Å². The van der Waals surface area contributed by atoms with Gasteiger partial charge in [-0.3, -0.25) is 0 Å². The maximum Gasteiger partial charge on any atom is 0.0623 e. The maximum absolute atomic E-state index is 5.63. The van der Waals surface area contributed by atoms with Crippen LogP contribution in [0.25, 0.3) is 0 Å². The Morgan fingerprint density at radius 2 is 2.00 bits per heavy atom. The normalized spacial score (nSPS) is 29.5. The highest BCUT2D eigenvalue weighted by atomic mass is 16.5. The molecule has 0 aromatic rings. The number of nitrogens with zero attached hydrogens (tertiary/aromatic N) is 1. The molecule has 0 spiro atoms. The summed E-state index contributed by atoms with van der Waals surface area (Å²) in [6.45, 7) is 12.2. The number of rotatable bonds is 7. The first-order chi connectivity index (χ1) is 8.20.